The van der Waals surface area contributed by atoms with Crippen molar-refractivity contribution in [2.24, 2.45) is 0 Å². The van der Waals surface area contributed by atoms with E-state index >= 15 is 0 Å². The number of aryl methyl sites for hydroxylation is 1. The molecule has 6 heteroatoms. The van der Waals surface area contributed by atoms with Gasteiger partial charge in [-0.15, -0.1) is 0 Å². The van der Waals surface area contributed by atoms with E-state index in [-0.39, 0.29) is 18.4 Å². The summed E-state index contributed by atoms with van der Waals surface area (Å²) in [5.41, 5.74) is 1.85. The van der Waals surface area contributed by atoms with E-state index in [1.54, 1.807) is 0 Å². The molecule has 0 aliphatic carbocycles. The van der Waals surface area contributed by atoms with Gasteiger partial charge in [0, 0.05) is 12.3 Å². The largest absolute Gasteiger partial charge is 0.480 e. The normalized spacial score (nSPS) is 12.2. The lowest BCUT2D eigenvalue weighted by Crippen LogP contribution is -2.40. The highest BCUT2D eigenvalue weighted by molar-refractivity contribution is 5.94. The van der Waals surface area contributed by atoms with Crippen LogP contribution in [0.15, 0.2) is 24.3 Å². The quantitative estimate of drug-likeness (QED) is 0.540. The molecule has 0 radical (unpaired) electrons. The summed E-state index contributed by atoms with van der Waals surface area (Å²) in [5, 5.41) is 14.8. The number of carbonyl (C=O) groups excluding carboxylic acids is 1. The van der Waals surface area contributed by atoms with E-state index < -0.39 is 12.0 Å². The van der Waals surface area contributed by atoms with Gasteiger partial charge in [-0.2, -0.15) is 0 Å². The lowest BCUT2D eigenvalue weighted by molar-refractivity contribution is -0.141. The second-order valence-electron chi connectivity index (χ2n) is 5.92. The number of rotatable bonds is 11. The Morgan fingerprint density at radius 2 is 1.88 bits per heavy atom. The van der Waals surface area contributed by atoms with Gasteiger partial charge in [-0.05, 0) is 50.9 Å². The van der Waals surface area contributed by atoms with Gasteiger partial charge in [-0.3, -0.25) is 9.59 Å². The van der Waals surface area contributed by atoms with Crippen LogP contribution in [-0.4, -0.2) is 42.3 Å². The number of amides is 1. The average Bonchev–Trinajstić information content (AvgIpc) is 2.53. The lowest BCUT2D eigenvalue weighted by Gasteiger charge is -2.15. The van der Waals surface area contributed by atoms with Gasteiger partial charge in [0.05, 0.1) is 12.5 Å². The van der Waals surface area contributed by atoms with E-state index in [2.05, 4.69) is 17.6 Å². The Kier molecular flexibility index (Phi) is 9.04. The summed E-state index contributed by atoms with van der Waals surface area (Å²) in [5.74, 6) is -1.35. The van der Waals surface area contributed by atoms with Crippen LogP contribution < -0.4 is 10.6 Å². The van der Waals surface area contributed by atoms with Crippen molar-refractivity contribution in [1.29, 1.82) is 0 Å². The Hall–Kier alpha value is -1.92. The topological polar surface area (TPSA) is 87.7 Å². The second kappa shape index (κ2) is 10.8. The summed E-state index contributed by atoms with van der Waals surface area (Å²) in [6.45, 7) is 7.01. The monoisotopic (exact) mass is 336 g/mol. The Morgan fingerprint density at radius 3 is 2.42 bits per heavy atom. The highest BCUT2D eigenvalue weighted by Crippen LogP contribution is 2.10. The zero-order chi connectivity index (χ0) is 17.9. The number of carboxylic acid groups (broad SMARTS) is 1. The Labute approximate surface area is 143 Å². The number of aliphatic carboxylic acids is 1. The Balaban J connectivity index is 2.40. The van der Waals surface area contributed by atoms with E-state index in [0.29, 0.717) is 25.3 Å². The zero-order valence-electron chi connectivity index (χ0n) is 14.7. The molecule has 6 nitrogen and oxygen atoms in total. The third-order valence-electron chi connectivity index (χ3n) is 3.50. The first-order valence-electron chi connectivity index (χ1n) is 8.39. The molecule has 0 saturated carbocycles. The lowest BCUT2D eigenvalue weighted by atomic mass is 10.1. The van der Waals surface area contributed by atoms with E-state index in [1.807, 2.05) is 38.1 Å². The van der Waals surface area contributed by atoms with Crippen molar-refractivity contribution >= 4 is 17.6 Å². The highest BCUT2D eigenvalue weighted by Gasteiger charge is 2.20. The molecule has 1 amide bonds. The van der Waals surface area contributed by atoms with Crippen molar-refractivity contribution in [2.45, 2.75) is 52.2 Å². The van der Waals surface area contributed by atoms with Crippen LogP contribution >= 0.6 is 0 Å². The third kappa shape index (κ3) is 8.08. The van der Waals surface area contributed by atoms with Crippen LogP contribution in [0.5, 0.6) is 0 Å². The van der Waals surface area contributed by atoms with Crippen LogP contribution in [0, 0.1) is 0 Å². The summed E-state index contributed by atoms with van der Waals surface area (Å²) >= 11 is 0. The van der Waals surface area contributed by atoms with Crippen molar-refractivity contribution in [2.75, 3.05) is 18.5 Å². The van der Waals surface area contributed by atoms with Gasteiger partial charge >= 0.3 is 5.97 Å². The first-order chi connectivity index (χ1) is 11.4. The minimum atomic E-state index is -1.03. The molecule has 0 heterocycles. The van der Waals surface area contributed by atoms with E-state index in [0.717, 1.165) is 6.42 Å². The molecule has 0 aromatic heterocycles. The first kappa shape index (κ1) is 20.1. The summed E-state index contributed by atoms with van der Waals surface area (Å²) < 4.78 is 5.40. The summed E-state index contributed by atoms with van der Waals surface area (Å²) in [4.78, 5) is 23.3. The number of ether oxygens (including phenoxy) is 1. The smallest absolute Gasteiger partial charge is 0.321 e. The molecule has 24 heavy (non-hydrogen) atoms. The van der Waals surface area contributed by atoms with Gasteiger partial charge < -0.3 is 20.5 Å². The maximum absolute atomic E-state index is 12.0. The van der Waals surface area contributed by atoms with E-state index in [4.69, 9.17) is 4.74 Å². The van der Waals surface area contributed by atoms with Gasteiger partial charge in [0.25, 0.3) is 0 Å². The van der Waals surface area contributed by atoms with Crippen molar-refractivity contribution in [3.63, 3.8) is 0 Å². The van der Waals surface area contributed by atoms with Crippen LogP contribution in [0.25, 0.3) is 0 Å². The average molecular weight is 336 g/mol. The molecular formula is C18H28N2O4. The first-order valence-corrected chi connectivity index (χ1v) is 8.39. The van der Waals surface area contributed by atoms with Gasteiger partial charge in [0.1, 0.15) is 6.04 Å². The molecule has 134 valence electrons. The zero-order valence-corrected chi connectivity index (χ0v) is 14.7. The summed E-state index contributed by atoms with van der Waals surface area (Å²) in [6, 6.07) is 6.62. The predicted octanol–water partition coefficient (Wildman–Crippen LogP) is 2.44. The fourth-order valence-electron chi connectivity index (χ4n) is 2.14. The van der Waals surface area contributed by atoms with Gasteiger partial charge in [-0.25, -0.2) is 0 Å². The molecule has 3 N–H and O–H groups in total. The molecular weight excluding hydrogens is 308 g/mol. The summed E-state index contributed by atoms with van der Waals surface area (Å²) in [7, 11) is 0. The highest BCUT2D eigenvalue weighted by atomic mass is 16.5. The maximum Gasteiger partial charge on any atom is 0.321 e. The second-order valence-corrected chi connectivity index (χ2v) is 5.92. The molecule has 1 rings (SSSR count). The minimum absolute atomic E-state index is 0.115. The molecule has 0 aliphatic heterocycles. The van der Waals surface area contributed by atoms with Gasteiger partial charge in [-0.1, -0.05) is 19.1 Å². The standard InChI is InChI=1S/C18H28N2O4/c1-4-14-6-8-15(9-7-14)20-17(21)12-16(18(22)23)19-10-5-11-24-13(2)3/h6-9,13,16,19H,4-5,10-12H2,1-3H3,(H,20,21)(H,22,23). The Bertz CT molecular complexity index is 514. The summed E-state index contributed by atoms with van der Waals surface area (Å²) in [6.07, 6.45) is 1.67. The van der Waals surface area contributed by atoms with Crippen LogP contribution in [0.4, 0.5) is 5.69 Å². The molecule has 1 atom stereocenters. The van der Waals surface area contributed by atoms with Crippen LogP contribution in [0.2, 0.25) is 0 Å². The number of nitrogens with one attached hydrogen (secondary N) is 2. The van der Waals surface area contributed by atoms with Gasteiger partial charge in [0.2, 0.25) is 5.91 Å². The number of benzene rings is 1. The molecule has 1 unspecified atom stereocenters. The molecule has 1 aromatic rings. The van der Waals surface area contributed by atoms with Crippen LogP contribution in [0.3, 0.4) is 0 Å². The number of carboxylic acids is 1. The van der Waals surface area contributed by atoms with E-state index in [9.17, 15) is 14.7 Å². The van der Waals surface area contributed by atoms with Crippen LogP contribution in [0.1, 0.15) is 39.2 Å². The van der Waals surface area contributed by atoms with E-state index in [1.165, 1.54) is 5.56 Å². The van der Waals surface area contributed by atoms with Crippen molar-refractivity contribution in [1.82, 2.24) is 5.32 Å². The van der Waals surface area contributed by atoms with Crippen molar-refractivity contribution in [3.8, 4) is 0 Å². The maximum atomic E-state index is 12.0. The number of anilines is 1. The van der Waals surface area contributed by atoms with Crippen LogP contribution in [-0.2, 0) is 20.7 Å². The fraction of sp³-hybridized carbons (Fsp3) is 0.556. The Morgan fingerprint density at radius 1 is 1.21 bits per heavy atom. The number of hydrogen-bond acceptors (Lipinski definition) is 4. The fourth-order valence-corrected chi connectivity index (χ4v) is 2.14. The molecule has 0 fully saturated rings. The molecule has 0 spiro atoms. The van der Waals surface area contributed by atoms with Crippen molar-refractivity contribution < 1.29 is 19.4 Å². The SMILES string of the molecule is CCc1ccc(NC(=O)CC(NCCCOC(C)C)C(=O)O)cc1. The third-order valence-corrected chi connectivity index (χ3v) is 3.50. The molecule has 0 saturated heterocycles. The number of hydrogen-bond donors (Lipinski definition) is 3. The number of carbonyl (C=O) groups is 2. The molecule has 0 bridgehead atoms. The predicted molar refractivity (Wildman–Crippen MR) is 94.2 cm³/mol. The molecule has 1 aromatic carbocycles. The van der Waals surface area contributed by atoms with Crippen molar-refractivity contribution in [3.05, 3.63) is 29.8 Å². The minimum Gasteiger partial charge on any atom is -0.480 e. The molecule has 0 aliphatic rings. The van der Waals surface area contributed by atoms with Gasteiger partial charge in [0.15, 0.2) is 0 Å².